The third-order valence-electron chi connectivity index (χ3n) is 4.20. The predicted octanol–water partition coefficient (Wildman–Crippen LogP) is 0.977. The third-order valence-corrected chi connectivity index (χ3v) is 4.20. The summed E-state index contributed by atoms with van der Waals surface area (Å²) < 4.78 is 0. The van der Waals surface area contributed by atoms with Gasteiger partial charge in [-0.15, -0.1) is 0 Å². The average Bonchev–Trinajstić information content (AvgIpc) is 2.95. The van der Waals surface area contributed by atoms with Gasteiger partial charge in [0.15, 0.2) is 0 Å². The van der Waals surface area contributed by atoms with Gasteiger partial charge in [-0.3, -0.25) is 14.6 Å². The molecule has 1 aromatic rings. The van der Waals surface area contributed by atoms with E-state index < -0.39 is 0 Å². The summed E-state index contributed by atoms with van der Waals surface area (Å²) in [6.07, 6.45) is 4.35. The van der Waals surface area contributed by atoms with E-state index in [2.05, 4.69) is 11.9 Å². The Labute approximate surface area is 118 Å². The van der Waals surface area contributed by atoms with Crippen LogP contribution in [0.5, 0.6) is 0 Å². The minimum Gasteiger partial charge on any atom is -0.329 e. The van der Waals surface area contributed by atoms with E-state index in [1.54, 1.807) is 16.0 Å². The van der Waals surface area contributed by atoms with E-state index in [9.17, 15) is 9.59 Å². The normalized spacial score (nSPS) is 22.4. The van der Waals surface area contributed by atoms with Crippen molar-refractivity contribution in [3.63, 3.8) is 0 Å². The fraction of sp³-hybridized carbons (Fsp3) is 0.533. The van der Waals surface area contributed by atoms with Crippen LogP contribution in [-0.2, 0) is 22.6 Å². The van der Waals surface area contributed by atoms with Gasteiger partial charge in [0.1, 0.15) is 12.6 Å². The molecule has 2 aliphatic rings. The van der Waals surface area contributed by atoms with Crippen molar-refractivity contribution in [2.24, 2.45) is 0 Å². The lowest BCUT2D eigenvalue weighted by Gasteiger charge is -2.36. The number of pyridine rings is 1. The van der Waals surface area contributed by atoms with Crippen molar-refractivity contribution in [1.82, 2.24) is 14.8 Å². The number of aromatic nitrogens is 1. The van der Waals surface area contributed by atoms with E-state index in [0.717, 1.165) is 37.1 Å². The van der Waals surface area contributed by atoms with Gasteiger partial charge in [0.05, 0.1) is 12.2 Å². The molecule has 106 valence electrons. The SMILES string of the molecule is CCc1cccnc1CN1CC(=O)N2CCCC2C1=O. The van der Waals surface area contributed by atoms with Crippen molar-refractivity contribution < 1.29 is 9.59 Å². The first kappa shape index (κ1) is 13.1. The minimum absolute atomic E-state index is 0.0704. The van der Waals surface area contributed by atoms with Crippen LogP contribution in [0.2, 0.25) is 0 Å². The molecular formula is C15H19N3O2. The van der Waals surface area contributed by atoms with Crippen molar-refractivity contribution in [1.29, 1.82) is 0 Å². The number of carbonyl (C=O) groups is 2. The first-order valence-corrected chi connectivity index (χ1v) is 7.21. The van der Waals surface area contributed by atoms with Crippen molar-refractivity contribution >= 4 is 11.8 Å². The number of piperazine rings is 1. The molecule has 2 aliphatic heterocycles. The Morgan fingerprint density at radius 2 is 2.25 bits per heavy atom. The molecule has 1 aromatic heterocycles. The molecule has 0 radical (unpaired) electrons. The summed E-state index contributed by atoms with van der Waals surface area (Å²) in [5.74, 6) is 0.149. The molecule has 2 saturated heterocycles. The minimum atomic E-state index is -0.231. The second kappa shape index (κ2) is 5.23. The summed E-state index contributed by atoms with van der Waals surface area (Å²) in [7, 11) is 0. The van der Waals surface area contributed by atoms with Gasteiger partial charge in [0, 0.05) is 12.7 Å². The highest BCUT2D eigenvalue weighted by Crippen LogP contribution is 2.24. The van der Waals surface area contributed by atoms with Gasteiger partial charge >= 0.3 is 0 Å². The number of fused-ring (bicyclic) bond motifs is 1. The molecule has 5 nitrogen and oxygen atoms in total. The Kier molecular flexibility index (Phi) is 3.42. The fourth-order valence-electron chi connectivity index (χ4n) is 3.11. The number of nitrogens with zero attached hydrogens (tertiary/aromatic N) is 3. The second-order valence-electron chi connectivity index (χ2n) is 5.40. The van der Waals surface area contributed by atoms with Crippen LogP contribution in [0.15, 0.2) is 18.3 Å². The maximum absolute atomic E-state index is 12.5. The first-order chi connectivity index (χ1) is 9.70. The molecule has 0 bridgehead atoms. The van der Waals surface area contributed by atoms with Crippen LogP contribution in [0.4, 0.5) is 0 Å². The van der Waals surface area contributed by atoms with Crippen molar-refractivity contribution in [2.75, 3.05) is 13.1 Å². The van der Waals surface area contributed by atoms with E-state index in [0.29, 0.717) is 6.54 Å². The number of carbonyl (C=O) groups excluding carboxylic acids is 2. The number of rotatable bonds is 3. The van der Waals surface area contributed by atoms with Crippen molar-refractivity contribution in [2.45, 2.75) is 38.8 Å². The number of aryl methyl sites for hydroxylation is 1. The van der Waals surface area contributed by atoms with Gasteiger partial charge in [-0.05, 0) is 30.9 Å². The molecule has 2 amide bonds. The highest BCUT2D eigenvalue weighted by Gasteiger charge is 2.41. The molecule has 0 aromatic carbocycles. The predicted molar refractivity (Wildman–Crippen MR) is 73.8 cm³/mol. The molecule has 0 spiro atoms. The highest BCUT2D eigenvalue weighted by atomic mass is 16.2. The molecule has 3 heterocycles. The average molecular weight is 273 g/mol. The smallest absolute Gasteiger partial charge is 0.246 e. The van der Waals surface area contributed by atoms with E-state index in [1.165, 1.54) is 0 Å². The molecule has 3 rings (SSSR count). The van der Waals surface area contributed by atoms with Crippen molar-refractivity contribution in [3.05, 3.63) is 29.6 Å². The van der Waals surface area contributed by atoms with Crippen LogP contribution in [0, 0.1) is 0 Å². The van der Waals surface area contributed by atoms with E-state index in [-0.39, 0.29) is 24.4 Å². The molecule has 0 N–H and O–H groups in total. The van der Waals surface area contributed by atoms with E-state index in [1.807, 2.05) is 12.1 Å². The lowest BCUT2D eigenvalue weighted by molar-refractivity contribution is -0.154. The second-order valence-corrected chi connectivity index (χ2v) is 5.40. The Bertz CT molecular complexity index is 544. The lowest BCUT2D eigenvalue weighted by atomic mass is 10.1. The molecular weight excluding hydrogens is 254 g/mol. The van der Waals surface area contributed by atoms with Crippen molar-refractivity contribution in [3.8, 4) is 0 Å². The van der Waals surface area contributed by atoms with Gasteiger partial charge in [0.2, 0.25) is 11.8 Å². The molecule has 2 fully saturated rings. The molecule has 20 heavy (non-hydrogen) atoms. The van der Waals surface area contributed by atoms with Crippen LogP contribution in [0.3, 0.4) is 0 Å². The van der Waals surface area contributed by atoms with Crippen LogP contribution in [0.1, 0.15) is 31.0 Å². The largest absolute Gasteiger partial charge is 0.329 e. The van der Waals surface area contributed by atoms with E-state index in [4.69, 9.17) is 0 Å². The van der Waals surface area contributed by atoms with Crippen LogP contribution in [0.25, 0.3) is 0 Å². The summed E-state index contributed by atoms with van der Waals surface area (Å²) in [6, 6.07) is 3.70. The van der Waals surface area contributed by atoms with Crippen LogP contribution >= 0.6 is 0 Å². The standard InChI is InChI=1S/C15H19N3O2/c1-2-11-5-3-7-16-12(11)9-17-10-14(19)18-8-4-6-13(18)15(17)20/h3,5,7,13H,2,4,6,8-10H2,1H3. The Morgan fingerprint density at radius 3 is 3.05 bits per heavy atom. The maximum atomic E-state index is 12.5. The quantitative estimate of drug-likeness (QED) is 0.825. The number of hydrogen-bond donors (Lipinski definition) is 0. The van der Waals surface area contributed by atoms with Crippen LogP contribution in [-0.4, -0.2) is 45.7 Å². The third kappa shape index (κ3) is 2.17. The van der Waals surface area contributed by atoms with Gasteiger partial charge in [-0.2, -0.15) is 0 Å². The van der Waals surface area contributed by atoms with Gasteiger partial charge in [0.25, 0.3) is 0 Å². The maximum Gasteiger partial charge on any atom is 0.246 e. The molecule has 1 unspecified atom stereocenters. The van der Waals surface area contributed by atoms with Gasteiger partial charge < -0.3 is 9.80 Å². The Hall–Kier alpha value is -1.91. The molecule has 0 aliphatic carbocycles. The Morgan fingerprint density at radius 1 is 1.40 bits per heavy atom. The zero-order chi connectivity index (χ0) is 14.1. The summed E-state index contributed by atoms with van der Waals surface area (Å²) in [6.45, 7) is 3.43. The zero-order valence-electron chi connectivity index (χ0n) is 11.7. The van der Waals surface area contributed by atoms with Crippen LogP contribution < -0.4 is 0 Å². The van der Waals surface area contributed by atoms with E-state index >= 15 is 0 Å². The monoisotopic (exact) mass is 273 g/mol. The highest BCUT2D eigenvalue weighted by molar-refractivity contribution is 5.95. The van der Waals surface area contributed by atoms with Gasteiger partial charge in [-0.1, -0.05) is 13.0 Å². The summed E-state index contributed by atoms with van der Waals surface area (Å²) in [5.41, 5.74) is 2.05. The topological polar surface area (TPSA) is 53.5 Å². The summed E-state index contributed by atoms with van der Waals surface area (Å²) >= 11 is 0. The summed E-state index contributed by atoms with van der Waals surface area (Å²) in [4.78, 5) is 32.3. The first-order valence-electron chi connectivity index (χ1n) is 7.21. The Balaban J connectivity index is 1.80. The lowest BCUT2D eigenvalue weighted by Crippen LogP contribution is -2.57. The molecule has 1 atom stereocenters. The molecule has 5 heteroatoms. The molecule has 0 saturated carbocycles. The zero-order valence-corrected chi connectivity index (χ0v) is 11.7. The number of amides is 2. The van der Waals surface area contributed by atoms with Gasteiger partial charge in [-0.25, -0.2) is 0 Å². The summed E-state index contributed by atoms with van der Waals surface area (Å²) in [5, 5.41) is 0. The number of hydrogen-bond acceptors (Lipinski definition) is 3. The fourth-order valence-corrected chi connectivity index (χ4v) is 3.11.